The lowest BCUT2D eigenvalue weighted by Gasteiger charge is -2.34. The molecule has 2 fully saturated rings. The van der Waals surface area contributed by atoms with Crippen LogP contribution in [0, 0.1) is 84.4 Å². The van der Waals surface area contributed by atoms with Crippen LogP contribution in [0.25, 0.3) is 0 Å². The van der Waals surface area contributed by atoms with Gasteiger partial charge in [-0.15, -0.1) is 0 Å². The van der Waals surface area contributed by atoms with Crippen molar-refractivity contribution in [3.63, 3.8) is 0 Å². The summed E-state index contributed by atoms with van der Waals surface area (Å²) in [6.07, 6.45) is 24.5. The van der Waals surface area contributed by atoms with Gasteiger partial charge in [-0.1, -0.05) is 262 Å². The van der Waals surface area contributed by atoms with E-state index in [9.17, 15) is 33.6 Å². The van der Waals surface area contributed by atoms with Gasteiger partial charge in [-0.25, -0.2) is 0 Å². The van der Waals surface area contributed by atoms with Crippen molar-refractivity contribution in [2.75, 3.05) is 0 Å². The molecule has 0 spiro atoms. The molecular weight excluding hydrogens is 1300 g/mol. The minimum absolute atomic E-state index is 0. The second-order valence-electron chi connectivity index (χ2n) is 26.8. The van der Waals surface area contributed by atoms with Crippen LogP contribution in [0.15, 0.2) is 48.5 Å². The molecule has 6 unspecified atom stereocenters. The van der Waals surface area contributed by atoms with Gasteiger partial charge in [0, 0.05) is 23.6 Å². The number of rotatable bonds is 24. The monoisotopic (exact) mass is 1460 g/mol. The first kappa shape index (κ1) is 114. The summed E-state index contributed by atoms with van der Waals surface area (Å²) in [5, 5.41) is 81.7. The summed E-state index contributed by atoms with van der Waals surface area (Å²) in [5.74, 6) is -4.82. The van der Waals surface area contributed by atoms with E-state index in [0.29, 0.717) is 24.7 Å². The predicted octanol–water partition coefficient (Wildman–Crippen LogP) is 21.7. The van der Waals surface area contributed by atoms with Crippen molar-refractivity contribution in [1.82, 2.24) is 0 Å². The summed E-state index contributed by atoms with van der Waals surface area (Å²) in [4.78, 5) is 99.2. The summed E-state index contributed by atoms with van der Waals surface area (Å²) in [7, 11) is 0. The van der Waals surface area contributed by atoms with Crippen molar-refractivity contribution >= 4 is 59.7 Å². The zero-order valence-electron chi connectivity index (χ0n) is 68.3. The lowest BCUT2D eigenvalue weighted by Crippen LogP contribution is -2.33. The highest BCUT2D eigenvalue weighted by Gasteiger charge is 2.36. The number of hydrogen-bond acceptors (Lipinski definition) is 10. The molecule has 0 saturated heterocycles. The minimum Gasteiger partial charge on any atom is -0.481 e. The molecule has 0 radical (unpaired) electrons. The minimum atomic E-state index is -0.833. The zero-order valence-corrected chi connectivity index (χ0v) is 68.3. The maximum Gasteiger partial charge on any atom is 0.309 e. The van der Waals surface area contributed by atoms with Crippen molar-refractivity contribution in [1.29, 1.82) is 0 Å². The fraction of sp³-hybridized carbons (Fsp3) is 0.732. The Bertz CT molecular complexity index is 2280. The fourth-order valence-corrected chi connectivity index (χ4v) is 9.46. The molecule has 20 nitrogen and oxygen atoms in total. The van der Waals surface area contributed by atoms with Crippen LogP contribution in [-0.2, 0) is 60.8 Å². The van der Waals surface area contributed by atoms with E-state index in [2.05, 4.69) is 104 Å². The molecule has 0 aliphatic heterocycles. The highest BCUT2D eigenvalue weighted by atomic mass is 16.4. The van der Waals surface area contributed by atoms with Crippen molar-refractivity contribution < 1.29 is 102 Å². The van der Waals surface area contributed by atoms with Gasteiger partial charge in [0.2, 0.25) is 0 Å². The van der Waals surface area contributed by atoms with Crippen LogP contribution in [0.3, 0.4) is 0 Å². The fourth-order valence-electron chi connectivity index (χ4n) is 9.46. The summed E-state index contributed by atoms with van der Waals surface area (Å²) in [5.41, 5.74) is 5.01. The van der Waals surface area contributed by atoms with Crippen LogP contribution in [0.1, 0.15) is 319 Å². The van der Waals surface area contributed by atoms with Crippen LogP contribution in [-0.4, -0.2) is 111 Å². The van der Waals surface area contributed by atoms with Crippen LogP contribution in [0.5, 0.6) is 0 Å². The largest absolute Gasteiger partial charge is 0.481 e. The summed E-state index contributed by atoms with van der Waals surface area (Å²) in [6, 6.07) is 17.3. The third-order valence-electron chi connectivity index (χ3n) is 18.1. The smallest absolute Gasteiger partial charge is 0.309 e. The first-order valence-corrected chi connectivity index (χ1v) is 37.6. The van der Waals surface area contributed by atoms with Crippen molar-refractivity contribution in [3.05, 3.63) is 70.8 Å². The van der Waals surface area contributed by atoms with Crippen molar-refractivity contribution in [2.45, 2.75) is 321 Å². The highest BCUT2D eigenvalue weighted by Crippen LogP contribution is 2.38. The van der Waals surface area contributed by atoms with E-state index in [1.54, 1.807) is 27.7 Å². The third kappa shape index (κ3) is 74.3. The van der Waals surface area contributed by atoms with Crippen LogP contribution in [0.2, 0.25) is 0 Å². The normalized spacial score (nSPS) is 16.2. The standard InChI is InChI=1S/C11H20O2.C10H20.C10H14.C8H10.2C7H14O2.3C6H12O2.C5H10O2.3C2H4O2.2H2/c1-3-8-6-5-7-9(4-2)10(8)11(12)13;2*1-3-9-5-7-10(4-2)8-6-9;1-7-3-5-8(2)6-4-7;1-4-7(3,5-2)6(8)9;1-3-5-6(4-2)7(8)9;1-4(2)5(3)6(7)8;1-3-4-5(2)6(7)8;1-3-5(4-2)6(7)8;1-3-4(2)5(6)7;3*1-2(3)4;;/h8-10H,3-7H2,1-2H3,(H,12,13);9-10H,3-8H2,1-2H3;5-8H,3-4H2,1-2H3;3-6H,1-2H3;4-5H2,1-3H3,(H,8,9);6H,3-5H2,1-2H3,(H,8,9);4-5H,1-3H3,(H,7,8);2*5H,3-4H2,1-2H3,(H,7,8);4H,3H2,1-2H3,(H,6,7);3*1H3,(H,3,4);2*1H. The molecule has 6 atom stereocenters. The molecule has 2 aliphatic rings. The topological polar surface area (TPSA) is 373 Å². The third-order valence-corrected chi connectivity index (χ3v) is 18.1. The molecule has 20 heteroatoms. The Morgan fingerprint density at radius 1 is 0.412 bits per heavy atom. The van der Waals surface area contributed by atoms with E-state index in [4.69, 9.17) is 65.4 Å². The molecule has 602 valence electrons. The van der Waals surface area contributed by atoms with E-state index in [1.807, 2.05) is 69.2 Å². The molecule has 0 aromatic heterocycles. The first-order chi connectivity index (χ1) is 47.3. The molecular formula is C82H154O20. The van der Waals surface area contributed by atoms with Crippen LogP contribution >= 0.6 is 0 Å². The van der Waals surface area contributed by atoms with Gasteiger partial charge in [-0.3, -0.25) is 47.9 Å². The quantitative estimate of drug-likeness (QED) is 0.0467. The van der Waals surface area contributed by atoms with E-state index < -0.39 is 65.1 Å². The predicted molar refractivity (Wildman–Crippen MR) is 419 cm³/mol. The summed E-state index contributed by atoms with van der Waals surface area (Å²) in [6.45, 7) is 46.7. The molecule has 0 amide bonds. The van der Waals surface area contributed by atoms with Crippen molar-refractivity contribution in [2.24, 2.45) is 70.5 Å². The molecule has 4 rings (SSSR count). The number of aryl methyl sites for hydroxylation is 4. The Morgan fingerprint density at radius 2 is 0.716 bits per heavy atom. The van der Waals surface area contributed by atoms with Crippen LogP contribution in [0.4, 0.5) is 0 Å². The number of benzene rings is 2. The molecule has 2 aliphatic carbocycles. The molecule has 2 aromatic carbocycles. The Kier molecular flexibility index (Phi) is 82.3. The maximum absolute atomic E-state index is 11.1. The second-order valence-corrected chi connectivity index (χ2v) is 26.8. The Morgan fingerprint density at radius 3 is 0.833 bits per heavy atom. The molecule has 10 N–H and O–H groups in total. The van der Waals surface area contributed by atoms with E-state index in [1.165, 1.54) is 67.2 Å². The number of carboxylic acids is 10. The van der Waals surface area contributed by atoms with Gasteiger partial charge in [-0.05, 0) is 139 Å². The van der Waals surface area contributed by atoms with Crippen molar-refractivity contribution in [3.8, 4) is 0 Å². The Labute approximate surface area is 621 Å². The van der Waals surface area contributed by atoms with Crippen LogP contribution < -0.4 is 0 Å². The van der Waals surface area contributed by atoms with Gasteiger partial charge in [0.25, 0.3) is 17.9 Å². The summed E-state index contributed by atoms with van der Waals surface area (Å²) >= 11 is 0. The lowest BCUT2D eigenvalue weighted by molar-refractivity contribution is -0.149. The number of aliphatic carboxylic acids is 10. The van der Waals surface area contributed by atoms with Gasteiger partial charge in [0.05, 0.1) is 40.9 Å². The lowest BCUT2D eigenvalue weighted by atomic mass is 9.70. The molecule has 2 aromatic rings. The second kappa shape index (κ2) is 73.9. The van der Waals surface area contributed by atoms with Gasteiger partial charge in [0.1, 0.15) is 0 Å². The highest BCUT2D eigenvalue weighted by molar-refractivity contribution is 5.74. The average molecular weight is 1460 g/mol. The molecule has 0 bridgehead atoms. The zero-order chi connectivity index (χ0) is 81.9. The Balaban J connectivity index is -0.000000101. The summed E-state index contributed by atoms with van der Waals surface area (Å²) < 4.78 is 0. The van der Waals surface area contributed by atoms with E-state index in [-0.39, 0.29) is 44.3 Å². The number of carbonyl (C=O) groups is 10. The van der Waals surface area contributed by atoms with E-state index >= 15 is 0 Å². The SMILES string of the molecule is CC(=O)O.CC(=O)O.CC(=O)O.CC(C)C(C)C(=O)O.CCC(C)(CC)C(=O)O.CCC(C)C(=O)O.CCC(CC)C(=O)O.CCC1CCC(CC)CC1.CCC1CCCC(CC)C1C(=O)O.CCCC(C)C(=O)O.CCCC(CC)C(=O)O.CCc1ccc(CC)cc1.Cc1ccc(C)cc1.[HH].[HH]. The Hall–Kier alpha value is -6.86. The van der Waals surface area contributed by atoms with Gasteiger partial charge in [-0.2, -0.15) is 0 Å². The maximum atomic E-state index is 11.1. The molecule has 2 saturated carbocycles. The molecule has 102 heavy (non-hydrogen) atoms. The van der Waals surface area contributed by atoms with Gasteiger partial charge in [0.15, 0.2) is 0 Å². The first-order valence-electron chi connectivity index (χ1n) is 37.6. The van der Waals surface area contributed by atoms with Gasteiger partial charge < -0.3 is 51.1 Å². The molecule has 0 heterocycles. The number of carboxylic acid groups (broad SMARTS) is 10. The van der Waals surface area contributed by atoms with E-state index in [0.717, 1.165) is 122 Å². The number of hydrogen-bond donors (Lipinski definition) is 10. The average Bonchev–Trinajstić information content (AvgIpc) is 0.839. The van der Waals surface area contributed by atoms with Gasteiger partial charge >= 0.3 is 41.8 Å².